The average molecular weight is 309 g/mol. The van der Waals surface area contributed by atoms with Crippen molar-refractivity contribution >= 4 is 6.09 Å². The van der Waals surface area contributed by atoms with E-state index in [1.165, 1.54) is 6.20 Å². The largest absolute Gasteiger partial charge is 0.506 e. The molecule has 0 aromatic carbocycles. The Morgan fingerprint density at radius 3 is 2.68 bits per heavy atom. The van der Waals surface area contributed by atoms with Gasteiger partial charge in [-0.1, -0.05) is 0 Å². The molecule has 0 spiro atoms. The molecule has 0 atom stereocenters. The summed E-state index contributed by atoms with van der Waals surface area (Å²) in [6.45, 7) is 10.2. The van der Waals surface area contributed by atoms with Gasteiger partial charge in [-0.05, 0) is 52.8 Å². The van der Waals surface area contributed by atoms with Crippen LogP contribution in [0, 0.1) is 0 Å². The Hall–Kier alpha value is -1.82. The van der Waals surface area contributed by atoms with Crippen molar-refractivity contribution in [2.24, 2.45) is 0 Å². The fourth-order valence-electron chi connectivity index (χ4n) is 1.84. The molecule has 1 heterocycles. The van der Waals surface area contributed by atoms with Gasteiger partial charge in [0.2, 0.25) is 0 Å². The van der Waals surface area contributed by atoms with Gasteiger partial charge in [0, 0.05) is 19.6 Å². The molecule has 1 rings (SSSR count). The number of hydrogen-bond acceptors (Lipinski definition) is 5. The number of ether oxygens (including phenoxy) is 1. The molecule has 0 bridgehead atoms. The third-order valence-corrected chi connectivity index (χ3v) is 2.93. The van der Waals surface area contributed by atoms with Gasteiger partial charge in [-0.15, -0.1) is 0 Å². The number of aromatic nitrogens is 1. The van der Waals surface area contributed by atoms with Crippen molar-refractivity contribution < 1.29 is 14.6 Å². The summed E-state index contributed by atoms with van der Waals surface area (Å²) in [5.41, 5.74) is 0.408. The second-order valence-corrected chi connectivity index (χ2v) is 6.10. The van der Waals surface area contributed by atoms with Crippen LogP contribution in [0.5, 0.6) is 5.75 Å². The molecule has 6 heteroatoms. The van der Waals surface area contributed by atoms with Gasteiger partial charge in [-0.3, -0.25) is 4.98 Å². The fourth-order valence-corrected chi connectivity index (χ4v) is 1.84. The molecule has 0 fully saturated rings. The van der Waals surface area contributed by atoms with Gasteiger partial charge in [0.25, 0.3) is 0 Å². The van der Waals surface area contributed by atoms with E-state index in [1.54, 1.807) is 17.0 Å². The van der Waals surface area contributed by atoms with E-state index in [9.17, 15) is 4.79 Å². The number of amides is 1. The Labute approximate surface area is 132 Å². The maximum absolute atomic E-state index is 12.0. The number of carbonyl (C=O) groups is 1. The molecule has 0 saturated carbocycles. The molecule has 1 amide bonds. The van der Waals surface area contributed by atoms with E-state index in [2.05, 4.69) is 10.3 Å². The molecule has 1 aromatic heterocycles. The summed E-state index contributed by atoms with van der Waals surface area (Å²) in [6, 6.07) is 3.40. The average Bonchev–Trinajstić information content (AvgIpc) is 2.42. The van der Waals surface area contributed by atoms with Crippen LogP contribution in [0.2, 0.25) is 0 Å². The maximum Gasteiger partial charge on any atom is 0.410 e. The molecule has 6 nitrogen and oxygen atoms in total. The maximum atomic E-state index is 12.0. The van der Waals surface area contributed by atoms with Gasteiger partial charge in [-0.25, -0.2) is 4.79 Å². The Balaban J connectivity index is 2.24. The molecule has 2 N–H and O–H groups in total. The predicted octanol–water partition coefficient (Wildman–Crippen LogP) is 2.52. The first-order valence-electron chi connectivity index (χ1n) is 7.64. The summed E-state index contributed by atoms with van der Waals surface area (Å²) in [4.78, 5) is 17.8. The van der Waals surface area contributed by atoms with Gasteiger partial charge in [0.1, 0.15) is 11.4 Å². The first kappa shape index (κ1) is 18.2. The SMILES string of the molecule is CCN(CCCNCc1ccc(O)cn1)C(=O)OC(C)(C)C. The zero-order valence-corrected chi connectivity index (χ0v) is 13.9. The summed E-state index contributed by atoms with van der Waals surface area (Å²) in [7, 11) is 0. The smallest absolute Gasteiger partial charge is 0.410 e. The van der Waals surface area contributed by atoms with E-state index >= 15 is 0 Å². The van der Waals surface area contributed by atoms with Crippen LogP contribution in [-0.4, -0.2) is 46.3 Å². The van der Waals surface area contributed by atoms with Gasteiger partial charge in [0.15, 0.2) is 0 Å². The highest BCUT2D eigenvalue weighted by molar-refractivity contribution is 5.68. The fraction of sp³-hybridized carbons (Fsp3) is 0.625. The highest BCUT2D eigenvalue weighted by Gasteiger charge is 2.20. The summed E-state index contributed by atoms with van der Waals surface area (Å²) in [6.07, 6.45) is 2.00. The third-order valence-electron chi connectivity index (χ3n) is 2.93. The third kappa shape index (κ3) is 7.26. The zero-order chi connectivity index (χ0) is 16.6. The predicted molar refractivity (Wildman–Crippen MR) is 85.7 cm³/mol. The summed E-state index contributed by atoms with van der Waals surface area (Å²) < 4.78 is 5.36. The zero-order valence-electron chi connectivity index (χ0n) is 13.9. The van der Waals surface area contributed by atoms with Crippen LogP contribution in [0.3, 0.4) is 0 Å². The lowest BCUT2D eigenvalue weighted by atomic mass is 10.2. The number of carbonyl (C=O) groups excluding carboxylic acids is 1. The molecule has 124 valence electrons. The molecular formula is C16H27N3O3. The number of rotatable bonds is 7. The Morgan fingerprint density at radius 1 is 1.41 bits per heavy atom. The summed E-state index contributed by atoms with van der Waals surface area (Å²) in [5.74, 6) is 0.166. The second kappa shape index (κ2) is 8.58. The van der Waals surface area contributed by atoms with Crippen molar-refractivity contribution in [2.75, 3.05) is 19.6 Å². The van der Waals surface area contributed by atoms with E-state index in [1.807, 2.05) is 27.7 Å². The van der Waals surface area contributed by atoms with E-state index < -0.39 is 5.60 Å². The molecule has 0 radical (unpaired) electrons. The van der Waals surface area contributed by atoms with Gasteiger partial charge in [-0.2, -0.15) is 0 Å². The first-order chi connectivity index (χ1) is 10.3. The van der Waals surface area contributed by atoms with Crippen LogP contribution < -0.4 is 5.32 Å². The number of aromatic hydroxyl groups is 1. The summed E-state index contributed by atoms with van der Waals surface area (Å²) in [5, 5.41) is 12.4. The number of nitrogens with zero attached hydrogens (tertiary/aromatic N) is 2. The Kier molecular flexibility index (Phi) is 7.11. The molecular weight excluding hydrogens is 282 g/mol. The van der Waals surface area contributed by atoms with E-state index in [0.29, 0.717) is 19.6 Å². The Morgan fingerprint density at radius 2 is 2.14 bits per heavy atom. The summed E-state index contributed by atoms with van der Waals surface area (Å²) >= 11 is 0. The van der Waals surface area contributed by atoms with Crippen LogP contribution in [0.4, 0.5) is 4.79 Å². The van der Waals surface area contributed by atoms with Gasteiger partial charge < -0.3 is 20.1 Å². The lowest BCUT2D eigenvalue weighted by molar-refractivity contribution is 0.0258. The van der Waals surface area contributed by atoms with Crippen molar-refractivity contribution in [3.63, 3.8) is 0 Å². The highest BCUT2D eigenvalue weighted by Crippen LogP contribution is 2.10. The van der Waals surface area contributed by atoms with E-state index in [4.69, 9.17) is 9.84 Å². The van der Waals surface area contributed by atoms with Crippen LogP contribution in [0.1, 0.15) is 39.8 Å². The van der Waals surface area contributed by atoms with Crippen molar-refractivity contribution in [1.82, 2.24) is 15.2 Å². The normalized spacial score (nSPS) is 11.3. The van der Waals surface area contributed by atoms with Crippen LogP contribution >= 0.6 is 0 Å². The van der Waals surface area contributed by atoms with Crippen LogP contribution in [-0.2, 0) is 11.3 Å². The quantitative estimate of drug-likeness (QED) is 0.757. The Bertz CT molecular complexity index is 455. The topological polar surface area (TPSA) is 74.7 Å². The van der Waals surface area contributed by atoms with Crippen molar-refractivity contribution in [1.29, 1.82) is 0 Å². The molecule has 0 aliphatic heterocycles. The highest BCUT2D eigenvalue weighted by atomic mass is 16.6. The van der Waals surface area contributed by atoms with E-state index in [-0.39, 0.29) is 11.8 Å². The van der Waals surface area contributed by atoms with Gasteiger partial charge >= 0.3 is 6.09 Å². The lowest BCUT2D eigenvalue weighted by Crippen LogP contribution is -2.38. The monoisotopic (exact) mass is 309 g/mol. The number of pyridine rings is 1. The molecule has 22 heavy (non-hydrogen) atoms. The number of nitrogens with one attached hydrogen (secondary N) is 1. The minimum absolute atomic E-state index is 0.166. The minimum atomic E-state index is -0.465. The second-order valence-electron chi connectivity index (χ2n) is 6.10. The molecule has 0 aliphatic rings. The first-order valence-corrected chi connectivity index (χ1v) is 7.64. The standard InChI is InChI=1S/C16H27N3O3/c1-5-19(15(21)22-16(2,3)4)10-6-9-17-11-13-7-8-14(20)12-18-13/h7-8,12,17,20H,5-6,9-11H2,1-4H3. The van der Waals surface area contributed by atoms with Crippen molar-refractivity contribution in [2.45, 2.75) is 46.3 Å². The molecule has 0 saturated heterocycles. The van der Waals surface area contributed by atoms with Crippen LogP contribution in [0.25, 0.3) is 0 Å². The molecule has 0 aliphatic carbocycles. The molecule has 1 aromatic rings. The minimum Gasteiger partial charge on any atom is -0.506 e. The lowest BCUT2D eigenvalue weighted by Gasteiger charge is -2.26. The van der Waals surface area contributed by atoms with Gasteiger partial charge in [0.05, 0.1) is 11.9 Å². The van der Waals surface area contributed by atoms with Crippen LogP contribution in [0.15, 0.2) is 18.3 Å². The van der Waals surface area contributed by atoms with Crippen molar-refractivity contribution in [3.8, 4) is 5.75 Å². The molecule has 0 unspecified atom stereocenters. The van der Waals surface area contributed by atoms with E-state index in [0.717, 1.165) is 18.7 Å². The van der Waals surface area contributed by atoms with Crippen molar-refractivity contribution in [3.05, 3.63) is 24.0 Å². The number of hydrogen-bond donors (Lipinski definition) is 2.